The Bertz CT molecular complexity index is 663. The molecule has 0 spiro atoms. The Kier molecular flexibility index (Phi) is 21.4. The number of halogens is 2. The van der Waals surface area contributed by atoms with E-state index in [0.29, 0.717) is 5.02 Å². The fraction of sp³-hybridized carbons (Fsp3) is 0.423. The van der Waals surface area contributed by atoms with Gasteiger partial charge in [0.2, 0.25) is 0 Å². The molecule has 31 heavy (non-hydrogen) atoms. The van der Waals surface area contributed by atoms with Gasteiger partial charge in [0.25, 0.3) is 6.47 Å². The van der Waals surface area contributed by atoms with Crippen molar-refractivity contribution < 1.29 is 9.90 Å². The van der Waals surface area contributed by atoms with Gasteiger partial charge in [-0.1, -0.05) is 80.1 Å². The number of carboxylic acid groups (broad SMARTS) is 1. The van der Waals surface area contributed by atoms with Crippen LogP contribution >= 0.6 is 23.2 Å². The fourth-order valence-electron chi connectivity index (χ4n) is 2.58. The first-order valence-electron chi connectivity index (χ1n) is 10.7. The maximum Gasteiger partial charge on any atom is 0.290 e. The molecule has 0 aliphatic rings. The third-order valence-electron chi connectivity index (χ3n) is 4.34. The van der Waals surface area contributed by atoms with Gasteiger partial charge in [-0.3, -0.25) is 4.79 Å². The minimum absolute atomic E-state index is 0.250. The van der Waals surface area contributed by atoms with Crippen molar-refractivity contribution in [3.8, 4) is 0 Å². The molecular formula is C26H39Cl2NO2. The third-order valence-corrected chi connectivity index (χ3v) is 4.92. The van der Waals surface area contributed by atoms with Crippen molar-refractivity contribution in [2.24, 2.45) is 0 Å². The lowest BCUT2D eigenvalue weighted by atomic mass is 10.1. The predicted molar refractivity (Wildman–Crippen MR) is 139 cm³/mol. The summed E-state index contributed by atoms with van der Waals surface area (Å²) in [7, 11) is 0. The lowest BCUT2D eigenvalue weighted by molar-refractivity contribution is -0.122. The standard InChI is InChI=1S/C19H23Cl2N.C4H10.C2H4.CH2O2/c1-14-7-10-19(15(2)12-14)22-11-5-3-4-6-16-8-9-17(20)13-18(16)21;1-3-4-2;1-2;2-1-3/h7-10,12-13,22H,3-6,11H2,1-2H3;3-4H2,1-2H3;1-2H2;1H,(H,2,3). The van der Waals surface area contributed by atoms with Gasteiger partial charge >= 0.3 is 0 Å². The molecule has 0 aliphatic heterocycles. The fourth-order valence-corrected chi connectivity index (χ4v) is 3.08. The zero-order valence-electron chi connectivity index (χ0n) is 19.5. The molecule has 3 nitrogen and oxygen atoms in total. The number of hydrogen-bond donors (Lipinski definition) is 2. The van der Waals surface area contributed by atoms with Crippen molar-refractivity contribution >= 4 is 35.4 Å². The number of hydrogen-bond acceptors (Lipinski definition) is 2. The van der Waals surface area contributed by atoms with E-state index in [4.69, 9.17) is 33.1 Å². The summed E-state index contributed by atoms with van der Waals surface area (Å²) in [6.45, 7) is 15.4. The Balaban J connectivity index is 0. The molecule has 0 saturated carbocycles. The quantitative estimate of drug-likeness (QED) is 0.231. The van der Waals surface area contributed by atoms with Gasteiger partial charge in [0.1, 0.15) is 0 Å². The lowest BCUT2D eigenvalue weighted by Crippen LogP contribution is -2.03. The number of rotatable bonds is 8. The maximum absolute atomic E-state index is 8.36. The monoisotopic (exact) mass is 467 g/mol. The Morgan fingerprint density at radius 3 is 2.10 bits per heavy atom. The zero-order chi connectivity index (χ0) is 24.1. The highest BCUT2D eigenvalue weighted by atomic mass is 35.5. The second kappa shape index (κ2) is 21.3. The van der Waals surface area contributed by atoms with E-state index >= 15 is 0 Å². The number of aryl methyl sites for hydroxylation is 3. The number of nitrogens with one attached hydrogen (secondary N) is 1. The molecule has 0 saturated heterocycles. The van der Waals surface area contributed by atoms with Crippen LogP contribution in [0.15, 0.2) is 49.6 Å². The van der Waals surface area contributed by atoms with E-state index in [1.165, 1.54) is 48.1 Å². The van der Waals surface area contributed by atoms with E-state index in [1.54, 1.807) is 0 Å². The summed E-state index contributed by atoms with van der Waals surface area (Å²) < 4.78 is 0. The minimum atomic E-state index is -0.250. The van der Waals surface area contributed by atoms with Crippen LogP contribution in [0.25, 0.3) is 0 Å². The molecular weight excluding hydrogens is 429 g/mol. The Morgan fingerprint density at radius 1 is 0.968 bits per heavy atom. The topological polar surface area (TPSA) is 49.3 Å². The number of benzene rings is 2. The normalized spacial score (nSPS) is 9.10. The molecule has 2 N–H and O–H groups in total. The second-order valence-corrected chi connectivity index (χ2v) is 7.74. The molecule has 0 atom stereocenters. The molecule has 5 heteroatoms. The van der Waals surface area contributed by atoms with Gasteiger partial charge in [-0.25, -0.2) is 0 Å². The average molecular weight is 469 g/mol. The Morgan fingerprint density at radius 2 is 1.58 bits per heavy atom. The molecule has 0 fully saturated rings. The highest BCUT2D eigenvalue weighted by molar-refractivity contribution is 6.35. The van der Waals surface area contributed by atoms with Crippen molar-refractivity contribution in [1.29, 1.82) is 0 Å². The van der Waals surface area contributed by atoms with Crippen LogP contribution in [0.2, 0.25) is 10.0 Å². The van der Waals surface area contributed by atoms with Crippen LogP contribution in [0.5, 0.6) is 0 Å². The molecule has 2 aromatic rings. The summed E-state index contributed by atoms with van der Waals surface area (Å²) in [6, 6.07) is 12.3. The van der Waals surface area contributed by atoms with E-state index in [9.17, 15) is 0 Å². The van der Waals surface area contributed by atoms with E-state index in [0.717, 1.165) is 24.4 Å². The Hall–Kier alpha value is -1.97. The molecule has 2 aromatic carbocycles. The highest BCUT2D eigenvalue weighted by Gasteiger charge is 2.01. The summed E-state index contributed by atoms with van der Waals surface area (Å²) in [5.41, 5.74) is 5.05. The van der Waals surface area contributed by atoms with E-state index in [2.05, 4.69) is 64.4 Å². The van der Waals surface area contributed by atoms with Gasteiger partial charge in [-0.15, -0.1) is 13.2 Å². The maximum atomic E-state index is 8.36. The van der Waals surface area contributed by atoms with Gasteiger partial charge in [0.05, 0.1) is 0 Å². The van der Waals surface area contributed by atoms with Crippen molar-refractivity contribution in [2.45, 2.75) is 66.2 Å². The van der Waals surface area contributed by atoms with Crippen LogP contribution in [0.3, 0.4) is 0 Å². The summed E-state index contributed by atoms with van der Waals surface area (Å²) in [4.78, 5) is 8.36. The largest absolute Gasteiger partial charge is 0.483 e. The van der Waals surface area contributed by atoms with Crippen LogP contribution in [0, 0.1) is 13.8 Å². The molecule has 0 aliphatic carbocycles. The zero-order valence-corrected chi connectivity index (χ0v) is 21.0. The summed E-state index contributed by atoms with van der Waals surface area (Å²) in [6.07, 6.45) is 7.16. The second-order valence-electron chi connectivity index (χ2n) is 6.90. The molecule has 2 rings (SSSR count). The summed E-state index contributed by atoms with van der Waals surface area (Å²) in [5.74, 6) is 0. The van der Waals surface area contributed by atoms with Gasteiger partial charge < -0.3 is 10.4 Å². The molecule has 174 valence electrons. The smallest absolute Gasteiger partial charge is 0.290 e. The summed E-state index contributed by atoms with van der Waals surface area (Å²) in [5, 5.41) is 11.9. The molecule has 0 radical (unpaired) electrons. The van der Waals surface area contributed by atoms with Gasteiger partial charge in [0, 0.05) is 22.3 Å². The number of anilines is 1. The van der Waals surface area contributed by atoms with Gasteiger partial charge in [-0.2, -0.15) is 0 Å². The van der Waals surface area contributed by atoms with Crippen LogP contribution in [0.1, 0.15) is 62.6 Å². The summed E-state index contributed by atoms with van der Waals surface area (Å²) >= 11 is 12.1. The first-order valence-corrected chi connectivity index (χ1v) is 11.5. The molecule has 0 bridgehead atoms. The predicted octanol–water partition coefficient (Wildman–Crippen LogP) is 8.74. The highest BCUT2D eigenvalue weighted by Crippen LogP contribution is 2.22. The van der Waals surface area contributed by atoms with Crippen LogP contribution in [-0.2, 0) is 11.2 Å². The van der Waals surface area contributed by atoms with Gasteiger partial charge in [-0.05, 0) is 62.4 Å². The molecule has 0 amide bonds. The number of carbonyl (C=O) groups is 1. The molecule has 0 aromatic heterocycles. The minimum Gasteiger partial charge on any atom is -0.483 e. The average Bonchev–Trinajstić information content (AvgIpc) is 2.75. The van der Waals surface area contributed by atoms with Crippen molar-refractivity contribution in [1.82, 2.24) is 0 Å². The van der Waals surface area contributed by atoms with Crippen molar-refractivity contribution in [2.75, 3.05) is 11.9 Å². The van der Waals surface area contributed by atoms with E-state index in [-0.39, 0.29) is 6.47 Å². The van der Waals surface area contributed by atoms with Gasteiger partial charge in [0.15, 0.2) is 0 Å². The Labute approximate surface area is 199 Å². The van der Waals surface area contributed by atoms with Crippen LogP contribution < -0.4 is 5.32 Å². The third kappa shape index (κ3) is 16.4. The van der Waals surface area contributed by atoms with Crippen molar-refractivity contribution in [3.05, 3.63) is 76.3 Å². The first kappa shape index (κ1) is 31.2. The van der Waals surface area contributed by atoms with Crippen LogP contribution in [-0.4, -0.2) is 18.1 Å². The van der Waals surface area contributed by atoms with Crippen molar-refractivity contribution in [3.63, 3.8) is 0 Å². The first-order chi connectivity index (χ1) is 14.9. The lowest BCUT2D eigenvalue weighted by Gasteiger charge is -2.10. The number of unbranched alkanes of at least 4 members (excludes halogenated alkanes) is 3. The molecule has 0 heterocycles. The molecule has 0 unspecified atom stereocenters. The van der Waals surface area contributed by atoms with E-state index < -0.39 is 0 Å². The van der Waals surface area contributed by atoms with Crippen LogP contribution in [0.4, 0.5) is 5.69 Å². The SMILES string of the molecule is C=C.CCCC.Cc1ccc(NCCCCCc2ccc(Cl)cc2Cl)c(C)c1.O=CO. The van der Waals surface area contributed by atoms with E-state index in [1.807, 2.05) is 18.2 Å².